The van der Waals surface area contributed by atoms with Gasteiger partial charge in [0.15, 0.2) is 4.84 Å². The molecule has 0 saturated carbocycles. The number of aliphatic hydroxyl groups excluding tert-OH is 1. The van der Waals surface area contributed by atoms with Crippen molar-refractivity contribution in [2.75, 3.05) is 6.61 Å². The number of halogens is 2. The lowest BCUT2D eigenvalue weighted by Crippen LogP contribution is -2.17. The van der Waals surface area contributed by atoms with Gasteiger partial charge in [0.1, 0.15) is 0 Å². The SMILES string of the molecule is NC(=O)C(Cl)Cl.O=[N+]([O-])c1ccc(CCCO)cc1. The van der Waals surface area contributed by atoms with Crippen LogP contribution in [0, 0.1) is 10.1 Å². The Morgan fingerprint density at radius 1 is 1.37 bits per heavy atom. The lowest BCUT2D eigenvalue weighted by Gasteiger charge is -1.97. The molecule has 0 saturated heterocycles. The summed E-state index contributed by atoms with van der Waals surface area (Å²) in [6.07, 6.45) is 1.45. The van der Waals surface area contributed by atoms with E-state index in [-0.39, 0.29) is 12.3 Å². The molecule has 0 heterocycles. The molecule has 0 unspecified atom stereocenters. The minimum absolute atomic E-state index is 0.104. The van der Waals surface area contributed by atoms with Gasteiger partial charge in [-0.25, -0.2) is 0 Å². The van der Waals surface area contributed by atoms with Crippen LogP contribution in [0.15, 0.2) is 24.3 Å². The van der Waals surface area contributed by atoms with Crippen LogP contribution in [0.3, 0.4) is 0 Å². The third-order valence-corrected chi connectivity index (χ3v) is 2.42. The van der Waals surface area contributed by atoms with Crippen molar-refractivity contribution in [3.8, 4) is 0 Å². The number of nitro benzene ring substituents is 1. The van der Waals surface area contributed by atoms with E-state index < -0.39 is 15.7 Å². The van der Waals surface area contributed by atoms with E-state index >= 15 is 0 Å². The monoisotopic (exact) mass is 308 g/mol. The summed E-state index contributed by atoms with van der Waals surface area (Å²) < 4.78 is 0. The van der Waals surface area contributed by atoms with Crippen molar-refractivity contribution in [1.29, 1.82) is 0 Å². The van der Waals surface area contributed by atoms with Crippen LogP contribution in [0.1, 0.15) is 12.0 Å². The summed E-state index contributed by atoms with van der Waals surface area (Å²) in [5, 5.41) is 18.9. The topological polar surface area (TPSA) is 106 Å². The van der Waals surface area contributed by atoms with Crippen LogP contribution in [0.4, 0.5) is 5.69 Å². The Bertz CT molecular complexity index is 410. The van der Waals surface area contributed by atoms with Crippen molar-refractivity contribution in [2.45, 2.75) is 17.7 Å². The molecule has 19 heavy (non-hydrogen) atoms. The fourth-order valence-electron chi connectivity index (χ4n) is 1.07. The van der Waals surface area contributed by atoms with Crippen molar-refractivity contribution >= 4 is 34.8 Å². The van der Waals surface area contributed by atoms with Crippen LogP contribution >= 0.6 is 23.2 Å². The van der Waals surface area contributed by atoms with Crippen molar-refractivity contribution < 1.29 is 14.8 Å². The summed E-state index contributed by atoms with van der Waals surface area (Å²) in [5.41, 5.74) is 5.65. The van der Waals surface area contributed by atoms with Crippen molar-refractivity contribution in [2.24, 2.45) is 5.73 Å². The zero-order valence-corrected chi connectivity index (χ0v) is 11.5. The van der Waals surface area contributed by atoms with Gasteiger partial charge in [0.2, 0.25) is 0 Å². The minimum Gasteiger partial charge on any atom is -0.396 e. The smallest absolute Gasteiger partial charge is 0.269 e. The normalized spacial score (nSPS) is 9.68. The quantitative estimate of drug-likeness (QED) is 0.491. The van der Waals surface area contributed by atoms with Gasteiger partial charge in [-0.1, -0.05) is 35.3 Å². The maximum absolute atomic E-state index is 10.3. The highest BCUT2D eigenvalue weighted by molar-refractivity contribution is 6.53. The summed E-state index contributed by atoms with van der Waals surface area (Å²) >= 11 is 9.81. The number of hydrogen-bond donors (Lipinski definition) is 2. The maximum Gasteiger partial charge on any atom is 0.269 e. The lowest BCUT2D eigenvalue weighted by molar-refractivity contribution is -0.384. The second-order valence-corrected chi connectivity index (χ2v) is 4.55. The van der Waals surface area contributed by atoms with Gasteiger partial charge in [-0.3, -0.25) is 14.9 Å². The number of primary amides is 1. The van der Waals surface area contributed by atoms with Gasteiger partial charge in [0, 0.05) is 18.7 Å². The van der Waals surface area contributed by atoms with Gasteiger partial charge in [0.05, 0.1) is 4.92 Å². The standard InChI is InChI=1S/C9H11NO3.C2H3Cl2NO/c11-7-1-2-8-3-5-9(6-4-8)10(12)13;3-1(4)2(5)6/h3-6,11H,1-2,7H2;1H,(H2,5,6). The molecule has 6 nitrogen and oxygen atoms in total. The average Bonchev–Trinajstić information content (AvgIpc) is 2.37. The Morgan fingerprint density at radius 3 is 2.16 bits per heavy atom. The number of nitrogens with two attached hydrogens (primary N) is 1. The summed E-state index contributed by atoms with van der Waals surface area (Å²) in [6, 6.07) is 6.39. The Balaban J connectivity index is 0.000000459. The number of carbonyl (C=O) groups excluding carboxylic acids is 1. The lowest BCUT2D eigenvalue weighted by atomic mass is 10.1. The number of benzene rings is 1. The Morgan fingerprint density at radius 2 is 1.84 bits per heavy atom. The Hall–Kier alpha value is -1.37. The highest BCUT2D eigenvalue weighted by Crippen LogP contribution is 2.12. The summed E-state index contributed by atoms with van der Waals surface area (Å²) in [7, 11) is 0. The van der Waals surface area contributed by atoms with Gasteiger partial charge in [-0.2, -0.15) is 0 Å². The highest BCUT2D eigenvalue weighted by atomic mass is 35.5. The molecular weight excluding hydrogens is 295 g/mol. The van der Waals surface area contributed by atoms with E-state index in [2.05, 4.69) is 5.73 Å². The number of aryl methyl sites for hydroxylation is 1. The van der Waals surface area contributed by atoms with Crippen LogP contribution in [0.25, 0.3) is 0 Å². The number of amides is 1. The fourth-order valence-corrected chi connectivity index (χ4v) is 1.07. The molecule has 0 aliphatic heterocycles. The van der Waals surface area contributed by atoms with E-state index in [0.29, 0.717) is 6.42 Å². The molecule has 0 fully saturated rings. The maximum atomic E-state index is 10.3. The molecule has 1 aromatic rings. The number of nitro groups is 1. The van der Waals surface area contributed by atoms with Gasteiger partial charge >= 0.3 is 0 Å². The van der Waals surface area contributed by atoms with Gasteiger partial charge in [-0.05, 0) is 18.4 Å². The van der Waals surface area contributed by atoms with Crippen LogP contribution in [-0.4, -0.2) is 27.4 Å². The van der Waals surface area contributed by atoms with Crippen LogP contribution in [0.5, 0.6) is 0 Å². The highest BCUT2D eigenvalue weighted by Gasteiger charge is 2.03. The molecule has 0 spiro atoms. The Kier molecular flexibility index (Phi) is 8.86. The molecule has 0 aliphatic rings. The molecule has 0 bridgehead atoms. The van der Waals surface area contributed by atoms with Crippen LogP contribution < -0.4 is 5.73 Å². The van der Waals surface area contributed by atoms with Gasteiger partial charge in [0.25, 0.3) is 11.6 Å². The van der Waals surface area contributed by atoms with Gasteiger partial charge < -0.3 is 10.8 Å². The molecular formula is C11H14Cl2N2O4. The van der Waals surface area contributed by atoms with E-state index in [1.165, 1.54) is 12.1 Å². The van der Waals surface area contributed by atoms with E-state index in [4.69, 9.17) is 28.3 Å². The minimum atomic E-state index is -1.06. The van der Waals surface area contributed by atoms with E-state index in [1.807, 2.05) is 0 Å². The molecule has 8 heteroatoms. The van der Waals surface area contributed by atoms with E-state index in [0.717, 1.165) is 12.0 Å². The first-order chi connectivity index (χ1) is 8.88. The molecule has 1 aromatic carbocycles. The second-order valence-electron chi connectivity index (χ2n) is 3.45. The van der Waals surface area contributed by atoms with Gasteiger partial charge in [-0.15, -0.1) is 0 Å². The average molecular weight is 309 g/mol. The number of aliphatic hydroxyl groups is 1. The third kappa shape index (κ3) is 8.36. The van der Waals surface area contributed by atoms with Crippen LogP contribution in [0.2, 0.25) is 0 Å². The molecule has 0 aromatic heterocycles. The molecule has 0 aliphatic carbocycles. The van der Waals surface area contributed by atoms with Crippen molar-refractivity contribution in [3.63, 3.8) is 0 Å². The number of hydrogen-bond acceptors (Lipinski definition) is 4. The number of rotatable bonds is 5. The van der Waals surface area contributed by atoms with Crippen molar-refractivity contribution in [1.82, 2.24) is 0 Å². The van der Waals surface area contributed by atoms with Crippen molar-refractivity contribution in [3.05, 3.63) is 39.9 Å². The fraction of sp³-hybridized carbons (Fsp3) is 0.364. The number of non-ortho nitro benzene ring substituents is 1. The molecule has 3 N–H and O–H groups in total. The number of carbonyl (C=O) groups is 1. The first kappa shape index (κ1) is 17.6. The zero-order chi connectivity index (χ0) is 14.8. The number of nitrogens with zero attached hydrogens (tertiary/aromatic N) is 1. The largest absolute Gasteiger partial charge is 0.396 e. The number of alkyl halides is 2. The molecule has 1 rings (SSSR count). The Labute approximate surface area is 120 Å². The van der Waals surface area contributed by atoms with Crippen LogP contribution in [-0.2, 0) is 11.2 Å². The van der Waals surface area contributed by atoms with E-state index in [9.17, 15) is 14.9 Å². The predicted molar refractivity (Wildman–Crippen MR) is 73.2 cm³/mol. The molecule has 0 radical (unpaired) electrons. The second kappa shape index (κ2) is 9.55. The van der Waals surface area contributed by atoms with E-state index in [1.54, 1.807) is 12.1 Å². The third-order valence-electron chi connectivity index (χ3n) is 1.99. The first-order valence-electron chi connectivity index (χ1n) is 5.30. The molecule has 1 amide bonds. The molecule has 106 valence electrons. The first-order valence-corrected chi connectivity index (χ1v) is 6.17. The zero-order valence-electron chi connectivity index (χ0n) is 9.96. The predicted octanol–water partition coefficient (Wildman–Crippen LogP) is 1.80. The summed E-state index contributed by atoms with van der Waals surface area (Å²) in [6.45, 7) is 0.150. The molecule has 0 atom stereocenters. The summed E-state index contributed by atoms with van der Waals surface area (Å²) in [5.74, 6) is -0.710. The summed E-state index contributed by atoms with van der Waals surface area (Å²) in [4.78, 5) is 18.5.